The number of hydroxylamine groups is 1. The summed E-state index contributed by atoms with van der Waals surface area (Å²) in [6.45, 7) is 1.61. The van der Waals surface area contributed by atoms with E-state index >= 15 is 0 Å². The van der Waals surface area contributed by atoms with Gasteiger partial charge in [0.2, 0.25) is 5.91 Å². The zero-order chi connectivity index (χ0) is 17.6. The number of amides is 2. The first kappa shape index (κ1) is 17.5. The summed E-state index contributed by atoms with van der Waals surface area (Å²) in [6, 6.07) is 6.21. The van der Waals surface area contributed by atoms with Crippen molar-refractivity contribution in [1.82, 2.24) is 15.4 Å². The fraction of sp³-hybridized carbons (Fsp3) is 0.474. The number of nitrogens with zero attached hydrogens (tertiary/aromatic N) is 1. The number of aryl methyl sites for hydroxylation is 2. The largest absolute Gasteiger partial charge is 0.352 e. The Balaban J connectivity index is 1.49. The first-order valence-corrected chi connectivity index (χ1v) is 9.02. The van der Waals surface area contributed by atoms with E-state index in [0.717, 1.165) is 56.0 Å². The molecule has 0 saturated carbocycles. The molecule has 0 spiro atoms. The molecule has 0 radical (unpaired) electrons. The monoisotopic (exact) mass is 343 g/mol. The van der Waals surface area contributed by atoms with Crippen LogP contribution in [0.2, 0.25) is 0 Å². The number of hydrogen-bond donors (Lipinski definition) is 3. The summed E-state index contributed by atoms with van der Waals surface area (Å²) >= 11 is 0. The lowest BCUT2D eigenvalue weighted by atomic mass is 10.0. The molecule has 1 aromatic heterocycles. The summed E-state index contributed by atoms with van der Waals surface area (Å²) in [4.78, 5) is 23.4. The van der Waals surface area contributed by atoms with Gasteiger partial charge in [0, 0.05) is 31.1 Å². The number of carbonyl (C=O) groups is 2. The third kappa shape index (κ3) is 4.02. The van der Waals surface area contributed by atoms with Crippen molar-refractivity contribution >= 4 is 22.7 Å². The Morgan fingerprint density at radius 3 is 2.84 bits per heavy atom. The summed E-state index contributed by atoms with van der Waals surface area (Å²) in [7, 11) is 0. The second kappa shape index (κ2) is 8.16. The van der Waals surface area contributed by atoms with Gasteiger partial charge in [-0.2, -0.15) is 0 Å². The maximum atomic E-state index is 12.5. The normalized spacial score (nSPS) is 13.0. The Kier molecular flexibility index (Phi) is 5.71. The van der Waals surface area contributed by atoms with E-state index < -0.39 is 0 Å². The molecule has 6 nitrogen and oxygen atoms in total. The van der Waals surface area contributed by atoms with Crippen molar-refractivity contribution in [1.29, 1.82) is 0 Å². The molecule has 25 heavy (non-hydrogen) atoms. The maximum absolute atomic E-state index is 12.5. The summed E-state index contributed by atoms with van der Waals surface area (Å²) in [5.74, 6) is -0.358. The standard InChI is InChI=1S/C19H25N3O3/c23-17(21-25)10-3-1-2-4-11-20-19(24)16-13-22-12-6-8-14-7-5-9-15(16)18(14)22/h5,7,9,13,25H,1-4,6,8,10-12H2,(H,20,24)(H,21,23). The minimum absolute atomic E-state index is 0.0116. The quantitative estimate of drug-likeness (QED) is 0.391. The molecule has 3 rings (SSSR count). The van der Waals surface area contributed by atoms with Gasteiger partial charge in [0.05, 0.1) is 11.1 Å². The molecular weight excluding hydrogens is 318 g/mol. The van der Waals surface area contributed by atoms with Gasteiger partial charge in [-0.15, -0.1) is 0 Å². The zero-order valence-corrected chi connectivity index (χ0v) is 14.4. The van der Waals surface area contributed by atoms with E-state index in [0.29, 0.717) is 13.0 Å². The SMILES string of the molecule is O=C(CCCCCCNC(=O)c1cn2c3c(cccc13)CCC2)NO. The number of unbranched alkanes of at least 4 members (excludes halogenated alkanes) is 3. The van der Waals surface area contributed by atoms with E-state index in [-0.39, 0.29) is 11.8 Å². The smallest absolute Gasteiger partial charge is 0.253 e. The Morgan fingerprint density at radius 1 is 1.16 bits per heavy atom. The number of carbonyl (C=O) groups excluding carboxylic acids is 2. The van der Waals surface area contributed by atoms with Gasteiger partial charge in [-0.05, 0) is 31.2 Å². The number of rotatable bonds is 8. The molecule has 2 heterocycles. The number of hydrogen-bond acceptors (Lipinski definition) is 3. The van der Waals surface area contributed by atoms with Crippen LogP contribution < -0.4 is 10.8 Å². The summed E-state index contributed by atoms with van der Waals surface area (Å²) in [5.41, 5.74) is 4.93. The minimum atomic E-state index is -0.346. The van der Waals surface area contributed by atoms with Crippen LogP contribution in [-0.4, -0.2) is 28.1 Å². The predicted octanol–water partition coefficient (Wildman–Crippen LogP) is 2.77. The molecule has 0 atom stereocenters. The van der Waals surface area contributed by atoms with Crippen molar-refractivity contribution in [3.8, 4) is 0 Å². The number of aromatic nitrogens is 1. The van der Waals surface area contributed by atoms with Gasteiger partial charge in [-0.25, -0.2) is 5.48 Å². The van der Waals surface area contributed by atoms with Crippen LogP contribution in [0.3, 0.4) is 0 Å². The van der Waals surface area contributed by atoms with E-state index in [9.17, 15) is 9.59 Å². The van der Waals surface area contributed by atoms with Crippen LogP contribution in [0, 0.1) is 0 Å². The third-order valence-corrected chi connectivity index (χ3v) is 4.81. The zero-order valence-electron chi connectivity index (χ0n) is 14.4. The minimum Gasteiger partial charge on any atom is -0.352 e. The summed E-state index contributed by atoms with van der Waals surface area (Å²) < 4.78 is 2.20. The predicted molar refractivity (Wildman–Crippen MR) is 95.6 cm³/mol. The van der Waals surface area contributed by atoms with Crippen LogP contribution in [0.15, 0.2) is 24.4 Å². The van der Waals surface area contributed by atoms with Crippen LogP contribution in [0.25, 0.3) is 10.9 Å². The first-order valence-electron chi connectivity index (χ1n) is 9.02. The molecule has 1 aromatic carbocycles. The average molecular weight is 343 g/mol. The number of nitrogens with one attached hydrogen (secondary N) is 2. The molecule has 0 saturated heterocycles. The molecule has 1 aliphatic rings. The topological polar surface area (TPSA) is 83.4 Å². The summed E-state index contributed by atoms with van der Waals surface area (Å²) in [5, 5.41) is 12.5. The van der Waals surface area contributed by atoms with E-state index in [1.54, 1.807) is 5.48 Å². The van der Waals surface area contributed by atoms with Crippen LogP contribution in [0.4, 0.5) is 0 Å². The second-order valence-corrected chi connectivity index (χ2v) is 6.61. The number of benzene rings is 1. The Labute approximate surface area is 147 Å². The van der Waals surface area contributed by atoms with Crippen molar-refractivity contribution in [2.24, 2.45) is 0 Å². The van der Waals surface area contributed by atoms with Gasteiger partial charge in [0.1, 0.15) is 0 Å². The lowest BCUT2D eigenvalue weighted by Gasteiger charge is -2.14. The van der Waals surface area contributed by atoms with Gasteiger partial charge in [-0.3, -0.25) is 14.8 Å². The molecular formula is C19H25N3O3. The highest BCUT2D eigenvalue weighted by Crippen LogP contribution is 2.29. The van der Waals surface area contributed by atoms with Crippen molar-refractivity contribution in [2.45, 2.75) is 51.5 Å². The van der Waals surface area contributed by atoms with E-state index in [1.165, 1.54) is 11.1 Å². The molecule has 0 bridgehead atoms. The lowest BCUT2D eigenvalue weighted by molar-refractivity contribution is -0.129. The molecule has 134 valence electrons. The first-order chi connectivity index (χ1) is 12.2. The van der Waals surface area contributed by atoms with E-state index in [1.807, 2.05) is 18.3 Å². The van der Waals surface area contributed by atoms with Gasteiger partial charge >= 0.3 is 0 Å². The second-order valence-electron chi connectivity index (χ2n) is 6.61. The molecule has 2 amide bonds. The van der Waals surface area contributed by atoms with Crippen LogP contribution in [0.1, 0.15) is 54.4 Å². The molecule has 6 heteroatoms. The van der Waals surface area contributed by atoms with E-state index in [2.05, 4.69) is 16.0 Å². The fourth-order valence-corrected chi connectivity index (χ4v) is 3.55. The molecule has 0 aliphatic carbocycles. The van der Waals surface area contributed by atoms with Gasteiger partial charge in [-0.1, -0.05) is 31.0 Å². The number of para-hydroxylation sites is 1. The van der Waals surface area contributed by atoms with Gasteiger partial charge in [0.15, 0.2) is 0 Å². The van der Waals surface area contributed by atoms with Crippen molar-refractivity contribution in [3.63, 3.8) is 0 Å². The lowest BCUT2D eigenvalue weighted by Crippen LogP contribution is -2.24. The van der Waals surface area contributed by atoms with Crippen LogP contribution >= 0.6 is 0 Å². The van der Waals surface area contributed by atoms with E-state index in [4.69, 9.17) is 5.21 Å². The molecule has 1 aliphatic heterocycles. The fourth-order valence-electron chi connectivity index (χ4n) is 3.55. The van der Waals surface area contributed by atoms with Crippen LogP contribution in [-0.2, 0) is 17.8 Å². The molecule has 2 aromatic rings. The average Bonchev–Trinajstić information content (AvgIpc) is 3.01. The Bertz CT molecular complexity index is 767. The summed E-state index contributed by atoms with van der Waals surface area (Å²) in [6.07, 6.45) is 8.01. The highest BCUT2D eigenvalue weighted by molar-refractivity contribution is 6.07. The van der Waals surface area contributed by atoms with Gasteiger partial charge in [0.25, 0.3) is 5.91 Å². The Morgan fingerprint density at radius 2 is 2.00 bits per heavy atom. The van der Waals surface area contributed by atoms with Crippen molar-refractivity contribution in [2.75, 3.05) is 6.54 Å². The Hall–Kier alpha value is -2.34. The third-order valence-electron chi connectivity index (χ3n) is 4.81. The van der Waals surface area contributed by atoms with Crippen molar-refractivity contribution < 1.29 is 14.8 Å². The van der Waals surface area contributed by atoms with Crippen LogP contribution in [0.5, 0.6) is 0 Å². The molecule has 3 N–H and O–H groups in total. The highest BCUT2D eigenvalue weighted by atomic mass is 16.5. The maximum Gasteiger partial charge on any atom is 0.253 e. The van der Waals surface area contributed by atoms with Crippen molar-refractivity contribution in [3.05, 3.63) is 35.5 Å². The van der Waals surface area contributed by atoms with Gasteiger partial charge < -0.3 is 9.88 Å². The molecule has 0 unspecified atom stereocenters. The molecule has 0 fully saturated rings. The highest BCUT2D eigenvalue weighted by Gasteiger charge is 2.19.